The van der Waals surface area contributed by atoms with Gasteiger partial charge in [0.05, 0.1) is 6.54 Å². The van der Waals surface area contributed by atoms with Gasteiger partial charge in [0.1, 0.15) is 5.01 Å². The van der Waals surface area contributed by atoms with E-state index in [1.807, 2.05) is 6.20 Å². The molecule has 2 fully saturated rings. The molecule has 0 amide bonds. The predicted octanol–water partition coefficient (Wildman–Crippen LogP) is 3.07. The molecule has 1 aliphatic heterocycles. The van der Waals surface area contributed by atoms with Crippen molar-refractivity contribution in [1.29, 1.82) is 0 Å². The van der Waals surface area contributed by atoms with E-state index in [1.54, 1.807) is 11.3 Å². The third-order valence-electron chi connectivity index (χ3n) is 4.64. The van der Waals surface area contributed by atoms with Gasteiger partial charge in [0, 0.05) is 36.8 Å². The Labute approximate surface area is 130 Å². The van der Waals surface area contributed by atoms with E-state index >= 15 is 0 Å². The highest BCUT2D eigenvalue weighted by Gasteiger charge is 2.37. The Kier molecular flexibility index (Phi) is 3.76. The summed E-state index contributed by atoms with van der Waals surface area (Å²) in [5.41, 5.74) is 1.41. The van der Waals surface area contributed by atoms with Crippen LogP contribution in [-0.2, 0) is 6.54 Å². The molecule has 1 aromatic carbocycles. The van der Waals surface area contributed by atoms with Crippen LogP contribution < -0.4 is 5.32 Å². The summed E-state index contributed by atoms with van der Waals surface area (Å²) in [7, 11) is 0. The fourth-order valence-corrected chi connectivity index (χ4v) is 3.98. The zero-order valence-electron chi connectivity index (χ0n) is 12.1. The molecule has 1 saturated carbocycles. The molecule has 4 rings (SSSR count). The Bertz CT molecular complexity index is 565. The summed E-state index contributed by atoms with van der Waals surface area (Å²) < 4.78 is 0. The summed E-state index contributed by atoms with van der Waals surface area (Å²) in [6.07, 6.45) is 4.72. The van der Waals surface area contributed by atoms with Crippen molar-refractivity contribution in [3.05, 3.63) is 52.5 Å². The van der Waals surface area contributed by atoms with E-state index in [0.29, 0.717) is 12.1 Å². The largest absolute Gasteiger partial charge is 0.311 e. The number of thiazole rings is 1. The molecule has 21 heavy (non-hydrogen) atoms. The van der Waals surface area contributed by atoms with Gasteiger partial charge in [-0.05, 0) is 24.3 Å². The number of piperazine rings is 1. The molecule has 2 aliphatic rings. The molecule has 2 atom stereocenters. The third kappa shape index (κ3) is 3.03. The highest BCUT2D eigenvalue weighted by molar-refractivity contribution is 7.09. The van der Waals surface area contributed by atoms with E-state index in [2.05, 4.69) is 50.9 Å². The Balaban J connectivity index is 1.55. The average molecular weight is 299 g/mol. The third-order valence-corrected chi connectivity index (χ3v) is 5.41. The van der Waals surface area contributed by atoms with Gasteiger partial charge in [0.2, 0.25) is 0 Å². The van der Waals surface area contributed by atoms with Crippen LogP contribution in [0.4, 0.5) is 0 Å². The van der Waals surface area contributed by atoms with Crippen molar-refractivity contribution >= 4 is 11.3 Å². The van der Waals surface area contributed by atoms with Gasteiger partial charge >= 0.3 is 0 Å². The molecule has 1 aromatic heterocycles. The van der Waals surface area contributed by atoms with Crippen LogP contribution in [0.25, 0.3) is 0 Å². The van der Waals surface area contributed by atoms with Crippen molar-refractivity contribution in [2.45, 2.75) is 31.5 Å². The lowest BCUT2D eigenvalue weighted by atomic mass is 9.99. The Morgan fingerprint density at radius 2 is 2.10 bits per heavy atom. The summed E-state index contributed by atoms with van der Waals surface area (Å²) in [5.74, 6) is 0.903. The van der Waals surface area contributed by atoms with Crippen LogP contribution >= 0.6 is 11.3 Å². The number of benzene rings is 1. The Hall–Kier alpha value is -1.23. The minimum Gasteiger partial charge on any atom is -0.311 e. The van der Waals surface area contributed by atoms with Gasteiger partial charge in [-0.15, -0.1) is 11.3 Å². The maximum atomic E-state index is 4.48. The quantitative estimate of drug-likeness (QED) is 0.940. The van der Waals surface area contributed by atoms with E-state index in [0.717, 1.165) is 25.6 Å². The fraction of sp³-hybridized carbons (Fsp3) is 0.471. The minimum atomic E-state index is 0.463. The topological polar surface area (TPSA) is 28.2 Å². The molecule has 1 N–H and O–H groups in total. The maximum Gasteiger partial charge on any atom is 0.107 e. The van der Waals surface area contributed by atoms with Crippen molar-refractivity contribution in [3.63, 3.8) is 0 Å². The summed E-state index contributed by atoms with van der Waals surface area (Å²) in [4.78, 5) is 7.10. The summed E-state index contributed by atoms with van der Waals surface area (Å²) in [6, 6.07) is 12.0. The van der Waals surface area contributed by atoms with Gasteiger partial charge in [-0.1, -0.05) is 30.3 Å². The highest BCUT2D eigenvalue weighted by atomic mass is 32.1. The van der Waals surface area contributed by atoms with Gasteiger partial charge in [0.25, 0.3) is 0 Å². The van der Waals surface area contributed by atoms with Crippen molar-refractivity contribution in [3.8, 4) is 0 Å². The molecular formula is C17H21N3S. The number of hydrogen-bond donors (Lipinski definition) is 1. The number of rotatable bonds is 4. The molecule has 0 radical (unpaired) electrons. The van der Waals surface area contributed by atoms with E-state index in [4.69, 9.17) is 0 Å². The lowest BCUT2D eigenvalue weighted by Gasteiger charge is -2.40. The van der Waals surface area contributed by atoms with Crippen molar-refractivity contribution < 1.29 is 0 Å². The molecule has 2 heterocycles. The maximum absolute atomic E-state index is 4.48. The molecule has 2 unspecified atom stereocenters. The zero-order valence-corrected chi connectivity index (χ0v) is 12.9. The van der Waals surface area contributed by atoms with Crippen LogP contribution in [0.3, 0.4) is 0 Å². The van der Waals surface area contributed by atoms with E-state index in [-0.39, 0.29) is 0 Å². The van der Waals surface area contributed by atoms with Gasteiger partial charge in [-0.25, -0.2) is 4.98 Å². The van der Waals surface area contributed by atoms with Crippen LogP contribution in [0, 0.1) is 5.92 Å². The standard InChI is InChI=1S/C17H21N3S/c1-2-4-14(5-3-1)16-10-19-15(13-6-7-13)11-20(16)12-17-18-8-9-21-17/h1-5,8-9,13,15-16,19H,6-7,10-12H2. The van der Waals surface area contributed by atoms with Crippen LogP contribution in [0.5, 0.6) is 0 Å². The molecule has 1 aliphatic carbocycles. The molecule has 0 bridgehead atoms. The fourth-order valence-electron chi connectivity index (χ4n) is 3.33. The number of aromatic nitrogens is 1. The second kappa shape index (κ2) is 5.87. The van der Waals surface area contributed by atoms with Crippen LogP contribution in [0.2, 0.25) is 0 Å². The predicted molar refractivity (Wildman–Crippen MR) is 86.2 cm³/mol. The Morgan fingerprint density at radius 3 is 2.81 bits per heavy atom. The molecule has 110 valence electrons. The second-order valence-corrected chi connectivity index (χ2v) is 7.11. The minimum absolute atomic E-state index is 0.463. The lowest BCUT2D eigenvalue weighted by molar-refractivity contribution is 0.114. The first-order valence-electron chi connectivity index (χ1n) is 7.81. The van der Waals surface area contributed by atoms with Crippen molar-refractivity contribution in [1.82, 2.24) is 15.2 Å². The smallest absolute Gasteiger partial charge is 0.107 e. The van der Waals surface area contributed by atoms with Crippen LogP contribution in [0.1, 0.15) is 29.5 Å². The number of hydrogen-bond acceptors (Lipinski definition) is 4. The molecule has 4 heteroatoms. The number of nitrogens with zero attached hydrogens (tertiary/aromatic N) is 2. The van der Waals surface area contributed by atoms with Crippen molar-refractivity contribution in [2.24, 2.45) is 5.92 Å². The molecule has 1 saturated heterocycles. The first-order chi connectivity index (χ1) is 10.4. The first kappa shape index (κ1) is 13.4. The average Bonchev–Trinajstić information content (AvgIpc) is 3.26. The summed E-state index contributed by atoms with van der Waals surface area (Å²) in [5, 5.41) is 7.09. The summed E-state index contributed by atoms with van der Waals surface area (Å²) in [6.45, 7) is 3.17. The van der Waals surface area contributed by atoms with E-state index in [1.165, 1.54) is 23.4 Å². The molecule has 3 nitrogen and oxygen atoms in total. The first-order valence-corrected chi connectivity index (χ1v) is 8.69. The summed E-state index contributed by atoms with van der Waals surface area (Å²) >= 11 is 1.77. The van der Waals surface area contributed by atoms with E-state index < -0.39 is 0 Å². The SMILES string of the molecule is c1ccc(C2CNC(C3CC3)CN2Cc2nccs2)cc1. The second-order valence-electron chi connectivity index (χ2n) is 6.13. The van der Waals surface area contributed by atoms with Gasteiger partial charge in [-0.2, -0.15) is 0 Å². The highest BCUT2D eigenvalue weighted by Crippen LogP contribution is 2.36. The van der Waals surface area contributed by atoms with Gasteiger partial charge in [-0.3, -0.25) is 4.90 Å². The number of nitrogens with one attached hydrogen (secondary N) is 1. The van der Waals surface area contributed by atoms with Crippen LogP contribution in [-0.4, -0.2) is 29.0 Å². The Morgan fingerprint density at radius 1 is 1.24 bits per heavy atom. The molecule has 0 spiro atoms. The monoisotopic (exact) mass is 299 g/mol. The molecule has 2 aromatic rings. The van der Waals surface area contributed by atoms with Gasteiger partial charge in [0.15, 0.2) is 0 Å². The molecular weight excluding hydrogens is 278 g/mol. The lowest BCUT2D eigenvalue weighted by Crippen LogP contribution is -2.52. The van der Waals surface area contributed by atoms with Crippen LogP contribution in [0.15, 0.2) is 41.9 Å². The van der Waals surface area contributed by atoms with Crippen molar-refractivity contribution in [2.75, 3.05) is 13.1 Å². The zero-order chi connectivity index (χ0) is 14.1. The normalized spacial score (nSPS) is 26.9. The van der Waals surface area contributed by atoms with Gasteiger partial charge < -0.3 is 5.32 Å². The van der Waals surface area contributed by atoms with E-state index in [9.17, 15) is 0 Å².